The molecule has 0 fully saturated rings. The van der Waals surface area contributed by atoms with Gasteiger partial charge in [0.25, 0.3) is 0 Å². The first-order valence-electron chi connectivity index (χ1n) is 6.03. The number of nitrogens with zero attached hydrogens (tertiary/aromatic N) is 2. The van der Waals surface area contributed by atoms with E-state index in [-0.39, 0.29) is 0 Å². The Morgan fingerprint density at radius 2 is 2.22 bits per heavy atom. The maximum Gasteiger partial charge on any atom is 0.115 e. The van der Waals surface area contributed by atoms with E-state index < -0.39 is 0 Å². The monoisotopic (exact) mass is 305 g/mol. The average molecular weight is 306 g/mol. The van der Waals surface area contributed by atoms with Crippen molar-refractivity contribution in [2.45, 2.75) is 25.9 Å². The van der Waals surface area contributed by atoms with Gasteiger partial charge in [-0.15, -0.1) is 0 Å². The molecule has 18 heavy (non-hydrogen) atoms. The fourth-order valence-corrected chi connectivity index (χ4v) is 2.29. The van der Waals surface area contributed by atoms with Gasteiger partial charge in [0.15, 0.2) is 0 Å². The van der Waals surface area contributed by atoms with Gasteiger partial charge in [0, 0.05) is 23.3 Å². The van der Waals surface area contributed by atoms with E-state index in [0.717, 1.165) is 23.1 Å². The van der Waals surface area contributed by atoms with E-state index in [9.17, 15) is 0 Å². The largest absolute Gasteiger partial charge is 0.304 e. The van der Waals surface area contributed by atoms with Gasteiger partial charge in [-0.05, 0) is 30.2 Å². The van der Waals surface area contributed by atoms with E-state index >= 15 is 0 Å². The molecule has 0 saturated heterocycles. The molecule has 3 nitrogen and oxygen atoms in total. The number of aromatic nitrogens is 2. The van der Waals surface area contributed by atoms with Crippen LogP contribution in [0.25, 0.3) is 0 Å². The molecule has 1 unspecified atom stereocenters. The van der Waals surface area contributed by atoms with Gasteiger partial charge >= 0.3 is 0 Å². The molecule has 2 rings (SSSR count). The summed E-state index contributed by atoms with van der Waals surface area (Å²) in [6.07, 6.45) is 4.39. The van der Waals surface area contributed by atoms with Crippen LogP contribution in [0.15, 0.2) is 47.3 Å². The van der Waals surface area contributed by atoms with Crippen LogP contribution in [0.4, 0.5) is 0 Å². The molecule has 1 atom stereocenters. The third-order valence-corrected chi connectivity index (χ3v) is 3.33. The second kappa shape index (κ2) is 6.61. The first-order valence-corrected chi connectivity index (χ1v) is 6.82. The zero-order chi connectivity index (χ0) is 12.8. The number of benzene rings is 1. The molecule has 1 aromatic carbocycles. The van der Waals surface area contributed by atoms with Crippen LogP contribution in [0.1, 0.15) is 30.6 Å². The van der Waals surface area contributed by atoms with Crippen molar-refractivity contribution < 1.29 is 0 Å². The first kappa shape index (κ1) is 13.2. The van der Waals surface area contributed by atoms with E-state index in [0.29, 0.717) is 6.04 Å². The minimum absolute atomic E-state index is 0.345. The summed E-state index contributed by atoms with van der Waals surface area (Å²) in [5.41, 5.74) is 2.30. The summed E-state index contributed by atoms with van der Waals surface area (Å²) < 4.78 is 1.11. The van der Waals surface area contributed by atoms with Crippen LogP contribution >= 0.6 is 15.9 Å². The molecule has 1 aromatic heterocycles. The van der Waals surface area contributed by atoms with Gasteiger partial charge in [-0.3, -0.25) is 0 Å². The van der Waals surface area contributed by atoms with Crippen LogP contribution in [-0.2, 0) is 6.54 Å². The van der Waals surface area contributed by atoms with Gasteiger partial charge in [-0.2, -0.15) is 0 Å². The maximum absolute atomic E-state index is 4.21. The summed E-state index contributed by atoms with van der Waals surface area (Å²) in [5.74, 6) is 0. The lowest BCUT2D eigenvalue weighted by atomic mass is 10.0. The van der Waals surface area contributed by atoms with Crippen LogP contribution < -0.4 is 5.32 Å². The minimum Gasteiger partial charge on any atom is -0.304 e. The Balaban J connectivity index is 2.02. The Morgan fingerprint density at radius 3 is 2.89 bits per heavy atom. The lowest BCUT2D eigenvalue weighted by Gasteiger charge is -2.17. The smallest absolute Gasteiger partial charge is 0.115 e. The second-order valence-electron chi connectivity index (χ2n) is 4.10. The second-order valence-corrected chi connectivity index (χ2v) is 5.01. The van der Waals surface area contributed by atoms with E-state index in [4.69, 9.17) is 0 Å². The van der Waals surface area contributed by atoms with Crippen LogP contribution in [-0.4, -0.2) is 9.97 Å². The SMILES string of the molecule is CCC(NCc1ccncn1)c1cccc(Br)c1. The molecule has 1 N–H and O–H groups in total. The van der Waals surface area contributed by atoms with E-state index in [1.807, 2.05) is 12.1 Å². The molecule has 2 aromatic rings. The van der Waals surface area contributed by atoms with Gasteiger partial charge in [0.05, 0.1) is 5.69 Å². The number of hydrogen-bond acceptors (Lipinski definition) is 3. The summed E-state index contributed by atoms with van der Waals surface area (Å²) in [4.78, 5) is 8.13. The highest BCUT2D eigenvalue weighted by Crippen LogP contribution is 2.20. The molecule has 0 aliphatic carbocycles. The third-order valence-electron chi connectivity index (χ3n) is 2.83. The molecular formula is C14H16BrN3. The molecule has 0 spiro atoms. The fraction of sp³-hybridized carbons (Fsp3) is 0.286. The summed E-state index contributed by atoms with van der Waals surface area (Å²) in [7, 11) is 0. The maximum atomic E-state index is 4.21. The van der Waals surface area contributed by atoms with Crippen LogP contribution in [0.3, 0.4) is 0 Å². The number of nitrogens with one attached hydrogen (secondary N) is 1. The van der Waals surface area contributed by atoms with Crippen molar-refractivity contribution in [2.24, 2.45) is 0 Å². The van der Waals surface area contributed by atoms with E-state index in [1.165, 1.54) is 5.56 Å². The van der Waals surface area contributed by atoms with Crippen molar-refractivity contribution in [3.63, 3.8) is 0 Å². The van der Waals surface area contributed by atoms with Crippen LogP contribution in [0.2, 0.25) is 0 Å². The molecule has 0 bridgehead atoms. The number of rotatable bonds is 5. The standard InChI is InChI=1S/C14H16BrN3/c1-2-14(11-4-3-5-12(15)8-11)17-9-13-6-7-16-10-18-13/h3-8,10,14,17H,2,9H2,1H3. The van der Waals surface area contributed by atoms with Gasteiger partial charge < -0.3 is 5.32 Å². The van der Waals surface area contributed by atoms with Crippen molar-refractivity contribution in [3.8, 4) is 0 Å². The predicted molar refractivity (Wildman–Crippen MR) is 76.0 cm³/mol. The van der Waals surface area contributed by atoms with Gasteiger partial charge in [-0.1, -0.05) is 35.0 Å². The molecule has 0 radical (unpaired) electrons. The zero-order valence-corrected chi connectivity index (χ0v) is 11.9. The molecule has 94 valence electrons. The highest BCUT2D eigenvalue weighted by molar-refractivity contribution is 9.10. The molecule has 4 heteroatoms. The normalized spacial score (nSPS) is 12.3. The molecular weight excluding hydrogens is 290 g/mol. The quantitative estimate of drug-likeness (QED) is 0.919. The average Bonchev–Trinajstić information content (AvgIpc) is 2.41. The van der Waals surface area contributed by atoms with Crippen molar-refractivity contribution in [1.29, 1.82) is 0 Å². The summed E-state index contributed by atoms with van der Waals surface area (Å²) in [5, 5.41) is 3.52. The predicted octanol–water partition coefficient (Wildman–Crippen LogP) is 3.48. The van der Waals surface area contributed by atoms with Gasteiger partial charge in [-0.25, -0.2) is 9.97 Å². The van der Waals surface area contributed by atoms with Crippen LogP contribution in [0.5, 0.6) is 0 Å². The molecule has 0 saturated carbocycles. The summed E-state index contributed by atoms with van der Waals surface area (Å²) >= 11 is 3.51. The molecule has 1 heterocycles. The Kier molecular flexibility index (Phi) is 4.84. The molecule has 0 aliphatic heterocycles. The van der Waals surface area contributed by atoms with Crippen molar-refractivity contribution in [3.05, 3.63) is 58.6 Å². The fourth-order valence-electron chi connectivity index (χ4n) is 1.87. The topological polar surface area (TPSA) is 37.8 Å². The Hall–Kier alpha value is -1.26. The highest BCUT2D eigenvalue weighted by Gasteiger charge is 2.08. The van der Waals surface area contributed by atoms with E-state index in [1.54, 1.807) is 12.5 Å². The minimum atomic E-state index is 0.345. The molecule has 0 aliphatic rings. The van der Waals surface area contributed by atoms with Crippen molar-refractivity contribution in [1.82, 2.24) is 15.3 Å². The Bertz CT molecular complexity index is 487. The van der Waals surface area contributed by atoms with Crippen molar-refractivity contribution in [2.75, 3.05) is 0 Å². The van der Waals surface area contributed by atoms with E-state index in [2.05, 4.69) is 56.3 Å². The number of hydrogen-bond donors (Lipinski definition) is 1. The lowest BCUT2D eigenvalue weighted by Crippen LogP contribution is -2.20. The summed E-state index contributed by atoms with van der Waals surface area (Å²) in [6, 6.07) is 10.7. The Morgan fingerprint density at radius 1 is 1.33 bits per heavy atom. The van der Waals surface area contributed by atoms with Crippen molar-refractivity contribution >= 4 is 15.9 Å². The summed E-state index contributed by atoms with van der Waals surface area (Å²) in [6.45, 7) is 2.94. The highest BCUT2D eigenvalue weighted by atomic mass is 79.9. The van der Waals surface area contributed by atoms with Gasteiger partial charge in [0.1, 0.15) is 6.33 Å². The molecule has 0 amide bonds. The third kappa shape index (κ3) is 3.62. The lowest BCUT2D eigenvalue weighted by molar-refractivity contribution is 0.513. The zero-order valence-electron chi connectivity index (χ0n) is 10.3. The van der Waals surface area contributed by atoms with Gasteiger partial charge in [0.2, 0.25) is 0 Å². The number of halogens is 1. The Labute approximate surface area is 116 Å². The first-order chi connectivity index (χ1) is 8.79. The van der Waals surface area contributed by atoms with Crippen LogP contribution in [0, 0.1) is 0 Å².